The second-order valence-corrected chi connectivity index (χ2v) is 4.46. The van der Waals surface area contributed by atoms with Crippen LogP contribution in [0, 0.1) is 12.8 Å². The van der Waals surface area contributed by atoms with E-state index in [-0.39, 0.29) is 0 Å². The maximum absolute atomic E-state index is 5.85. The Hall–Kier alpha value is -1.25. The van der Waals surface area contributed by atoms with Gasteiger partial charge in [-0.25, -0.2) is 4.98 Å². The molecule has 15 heavy (non-hydrogen) atoms. The molecule has 0 aromatic carbocycles. The molecule has 1 aromatic heterocycles. The lowest BCUT2D eigenvalue weighted by molar-refractivity contribution is 0.686. The van der Waals surface area contributed by atoms with Crippen LogP contribution in [-0.4, -0.2) is 11.5 Å². The molecule has 1 heterocycles. The number of hydrogen-bond donors (Lipinski definition) is 2. The van der Waals surface area contributed by atoms with Gasteiger partial charge in [-0.2, -0.15) is 0 Å². The second kappa shape index (κ2) is 4.51. The summed E-state index contributed by atoms with van der Waals surface area (Å²) < 4.78 is 0. The van der Waals surface area contributed by atoms with E-state index in [4.69, 9.17) is 5.73 Å². The molecule has 1 fully saturated rings. The van der Waals surface area contributed by atoms with Crippen molar-refractivity contribution in [3.8, 4) is 0 Å². The number of nitrogens with one attached hydrogen (secondary N) is 1. The molecule has 0 radical (unpaired) electrons. The molecule has 0 amide bonds. The molecule has 1 saturated carbocycles. The van der Waals surface area contributed by atoms with Crippen molar-refractivity contribution >= 4 is 11.5 Å². The zero-order valence-corrected chi connectivity index (χ0v) is 9.29. The monoisotopic (exact) mass is 205 g/mol. The minimum absolute atomic E-state index is 0.751. The van der Waals surface area contributed by atoms with Crippen molar-refractivity contribution in [3.05, 3.63) is 17.8 Å². The van der Waals surface area contributed by atoms with Crippen LogP contribution in [-0.2, 0) is 0 Å². The van der Waals surface area contributed by atoms with Crippen LogP contribution in [0.25, 0.3) is 0 Å². The van der Waals surface area contributed by atoms with E-state index in [2.05, 4.69) is 10.3 Å². The largest absolute Gasteiger partial charge is 0.396 e. The van der Waals surface area contributed by atoms with Gasteiger partial charge in [0.1, 0.15) is 5.82 Å². The third-order valence-corrected chi connectivity index (χ3v) is 2.83. The zero-order valence-electron chi connectivity index (χ0n) is 9.29. The third-order valence-electron chi connectivity index (χ3n) is 2.83. The number of anilines is 2. The molecule has 3 heteroatoms. The number of nitrogens with zero attached hydrogens (tertiary/aromatic N) is 1. The molecule has 1 aliphatic rings. The highest BCUT2D eigenvalue weighted by molar-refractivity contribution is 5.61. The fourth-order valence-corrected chi connectivity index (χ4v) is 1.74. The minimum atomic E-state index is 0.751. The predicted octanol–water partition coefficient (Wildman–Crippen LogP) is 2.57. The van der Waals surface area contributed by atoms with Crippen LogP contribution >= 0.6 is 0 Å². The first-order valence-electron chi connectivity index (χ1n) is 5.71. The fraction of sp³-hybridized carbons (Fsp3) is 0.583. The summed E-state index contributed by atoms with van der Waals surface area (Å²) in [5.74, 6) is 1.84. The summed E-state index contributed by atoms with van der Waals surface area (Å²) in [4.78, 5) is 4.27. The fourth-order valence-electron chi connectivity index (χ4n) is 1.74. The van der Waals surface area contributed by atoms with Crippen molar-refractivity contribution in [2.45, 2.75) is 32.6 Å². The summed E-state index contributed by atoms with van der Waals surface area (Å²) in [6.07, 6.45) is 7.29. The number of pyridine rings is 1. The van der Waals surface area contributed by atoms with Gasteiger partial charge in [0.05, 0.1) is 5.69 Å². The van der Waals surface area contributed by atoms with E-state index in [1.165, 1.54) is 25.7 Å². The van der Waals surface area contributed by atoms with Gasteiger partial charge in [-0.15, -0.1) is 0 Å². The second-order valence-electron chi connectivity index (χ2n) is 4.46. The highest BCUT2D eigenvalue weighted by Crippen LogP contribution is 2.33. The number of rotatable bonds is 5. The van der Waals surface area contributed by atoms with Crippen molar-refractivity contribution in [3.63, 3.8) is 0 Å². The van der Waals surface area contributed by atoms with Crippen LogP contribution in [0.4, 0.5) is 11.5 Å². The Kier molecular flexibility index (Phi) is 3.09. The molecule has 3 N–H and O–H groups in total. The lowest BCUT2D eigenvalue weighted by atomic mass is 10.2. The first-order valence-corrected chi connectivity index (χ1v) is 5.71. The molecule has 1 aliphatic carbocycles. The van der Waals surface area contributed by atoms with Crippen molar-refractivity contribution < 1.29 is 0 Å². The van der Waals surface area contributed by atoms with Crippen LogP contribution in [0.3, 0.4) is 0 Å². The lowest BCUT2D eigenvalue weighted by Gasteiger charge is -2.08. The zero-order chi connectivity index (χ0) is 10.7. The van der Waals surface area contributed by atoms with Crippen molar-refractivity contribution in [1.82, 2.24) is 4.98 Å². The smallest absolute Gasteiger partial charge is 0.149 e. The highest BCUT2D eigenvalue weighted by atomic mass is 15.0. The van der Waals surface area contributed by atoms with E-state index in [1.54, 1.807) is 0 Å². The van der Waals surface area contributed by atoms with Crippen LogP contribution in [0.15, 0.2) is 12.3 Å². The van der Waals surface area contributed by atoms with Gasteiger partial charge < -0.3 is 11.1 Å². The number of aryl methyl sites for hydroxylation is 1. The van der Waals surface area contributed by atoms with Crippen LogP contribution < -0.4 is 11.1 Å². The molecular weight excluding hydrogens is 186 g/mol. The van der Waals surface area contributed by atoms with Crippen molar-refractivity contribution in [1.29, 1.82) is 0 Å². The predicted molar refractivity (Wildman–Crippen MR) is 63.8 cm³/mol. The Morgan fingerprint density at radius 1 is 1.53 bits per heavy atom. The summed E-state index contributed by atoms with van der Waals surface area (Å²) in [5, 5.41) is 3.29. The van der Waals surface area contributed by atoms with E-state index in [0.717, 1.165) is 29.5 Å². The topological polar surface area (TPSA) is 50.9 Å². The number of aromatic nitrogens is 1. The van der Waals surface area contributed by atoms with E-state index in [1.807, 2.05) is 19.2 Å². The number of nitrogens with two attached hydrogens (primary N) is 1. The molecular formula is C12H19N3. The Morgan fingerprint density at radius 2 is 2.33 bits per heavy atom. The third kappa shape index (κ3) is 3.11. The number of hydrogen-bond acceptors (Lipinski definition) is 3. The highest BCUT2D eigenvalue weighted by Gasteiger charge is 2.19. The normalized spacial score (nSPS) is 15.3. The molecule has 0 spiro atoms. The molecule has 1 aromatic rings. The van der Waals surface area contributed by atoms with E-state index in [9.17, 15) is 0 Å². The van der Waals surface area contributed by atoms with Gasteiger partial charge in [-0.3, -0.25) is 0 Å². The average molecular weight is 205 g/mol. The summed E-state index contributed by atoms with van der Waals surface area (Å²) in [7, 11) is 0. The Balaban J connectivity index is 1.76. The SMILES string of the molecule is Cc1cnc(NCCCC2CC2)c(N)c1. The molecule has 0 atom stereocenters. The van der Waals surface area contributed by atoms with Crippen LogP contribution in [0.5, 0.6) is 0 Å². The van der Waals surface area contributed by atoms with E-state index in [0.29, 0.717) is 0 Å². The van der Waals surface area contributed by atoms with Gasteiger partial charge in [0.25, 0.3) is 0 Å². The van der Waals surface area contributed by atoms with Crippen LogP contribution in [0.1, 0.15) is 31.2 Å². The summed E-state index contributed by atoms with van der Waals surface area (Å²) in [6, 6.07) is 1.95. The average Bonchev–Trinajstić information content (AvgIpc) is 2.99. The summed E-state index contributed by atoms with van der Waals surface area (Å²) in [5.41, 5.74) is 7.71. The van der Waals surface area contributed by atoms with Gasteiger partial charge in [0, 0.05) is 12.7 Å². The Bertz CT molecular complexity index is 332. The first-order chi connectivity index (χ1) is 7.25. The van der Waals surface area contributed by atoms with Gasteiger partial charge in [-0.05, 0) is 37.3 Å². The standard InChI is InChI=1S/C12H19N3/c1-9-7-11(13)12(15-8-9)14-6-2-3-10-4-5-10/h7-8,10H,2-6,13H2,1H3,(H,14,15). The first kappa shape index (κ1) is 10.3. The molecule has 0 saturated heterocycles. The molecule has 3 nitrogen and oxygen atoms in total. The quantitative estimate of drug-likeness (QED) is 0.726. The Labute approximate surface area is 91.1 Å². The van der Waals surface area contributed by atoms with E-state index >= 15 is 0 Å². The van der Waals surface area contributed by atoms with Gasteiger partial charge in [-0.1, -0.05) is 12.8 Å². The molecule has 0 bridgehead atoms. The Morgan fingerprint density at radius 3 is 3.00 bits per heavy atom. The number of nitrogen functional groups attached to an aromatic ring is 1. The molecule has 82 valence electrons. The minimum Gasteiger partial charge on any atom is -0.396 e. The molecule has 2 rings (SSSR count). The van der Waals surface area contributed by atoms with Crippen LogP contribution in [0.2, 0.25) is 0 Å². The molecule has 0 aliphatic heterocycles. The molecule has 0 unspecified atom stereocenters. The summed E-state index contributed by atoms with van der Waals surface area (Å²) in [6.45, 7) is 2.98. The van der Waals surface area contributed by atoms with Crippen molar-refractivity contribution in [2.24, 2.45) is 5.92 Å². The van der Waals surface area contributed by atoms with Gasteiger partial charge in [0.15, 0.2) is 0 Å². The van der Waals surface area contributed by atoms with Crippen molar-refractivity contribution in [2.75, 3.05) is 17.6 Å². The van der Waals surface area contributed by atoms with E-state index < -0.39 is 0 Å². The van der Waals surface area contributed by atoms with Gasteiger partial charge in [0.2, 0.25) is 0 Å². The summed E-state index contributed by atoms with van der Waals surface area (Å²) >= 11 is 0. The maximum atomic E-state index is 5.85. The van der Waals surface area contributed by atoms with Gasteiger partial charge >= 0.3 is 0 Å². The maximum Gasteiger partial charge on any atom is 0.149 e. The lowest BCUT2D eigenvalue weighted by Crippen LogP contribution is -2.06.